The van der Waals surface area contributed by atoms with E-state index in [9.17, 15) is 0 Å². The lowest BCUT2D eigenvalue weighted by Crippen LogP contribution is -2.03. The molecule has 0 saturated carbocycles. The van der Waals surface area contributed by atoms with Gasteiger partial charge < -0.3 is 15.2 Å². The summed E-state index contributed by atoms with van der Waals surface area (Å²) in [6.07, 6.45) is 4.22. The molecule has 0 radical (unpaired) electrons. The maximum atomic E-state index is 5.54. The molecule has 0 unspecified atom stereocenters. The number of nitrogens with two attached hydrogens (primary N) is 1. The monoisotopic (exact) mass is 259 g/mol. The standard InChI is InChI=1S/C14H17N3O2/c1-2-18-12-3-5-13(6-4-12)19-14-16-9-11(7-8-15)10-17-14/h3-6,9-10H,2,7-8,15H2,1H3. The van der Waals surface area contributed by atoms with Crippen LogP contribution in [-0.4, -0.2) is 23.1 Å². The van der Waals surface area contributed by atoms with Crippen LogP contribution in [0.4, 0.5) is 0 Å². The van der Waals surface area contributed by atoms with Gasteiger partial charge in [0.25, 0.3) is 0 Å². The molecule has 1 aromatic heterocycles. The van der Waals surface area contributed by atoms with Crippen molar-refractivity contribution in [2.45, 2.75) is 13.3 Å². The quantitative estimate of drug-likeness (QED) is 0.860. The summed E-state index contributed by atoms with van der Waals surface area (Å²) >= 11 is 0. The van der Waals surface area contributed by atoms with Crippen LogP contribution < -0.4 is 15.2 Å². The molecule has 5 nitrogen and oxygen atoms in total. The average Bonchev–Trinajstić information content (AvgIpc) is 2.44. The van der Waals surface area contributed by atoms with Gasteiger partial charge in [0, 0.05) is 12.4 Å². The summed E-state index contributed by atoms with van der Waals surface area (Å²) in [5.41, 5.74) is 6.46. The van der Waals surface area contributed by atoms with Gasteiger partial charge in [-0.3, -0.25) is 0 Å². The van der Waals surface area contributed by atoms with Crippen molar-refractivity contribution in [1.29, 1.82) is 0 Å². The minimum Gasteiger partial charge on any atom is -0.494 e. The fraction of sp³-hybridized carbons (Fsp3) is 0.286. The number of nitrogens with zero attached hydrogens (tertiary/aromatic N) is 2. The SMILES string of the molecule is CCOc1ccc(Oc2ncc(CCN)cn2)cc1. The number of hydrogen-bond acceptors (Lipinski definition) is 5. The van der Waals surface area contributed by atoms with Crippen LogP contribution in [0.2, 0.25) is 0 Å². The zero-order valence-corrected chi connectivity index (χ0v) is 10.9. The lowest BCUT2D eigenvalue weighted by Gasteiger charge is -2.06. The van der Waals surface area contributed by atoms with Crippen molar-refractivity contribution in [2.75, 3.05) is 13.2 Å². The molecule has 0 atom stereocenters. The first kappa shape index (κ1) is 13.3. The van der Waals surface area contributed by atoms with E-state index in [4.69, 9.17) is 15.2 Å². The van der Waals surface area contributed by atoms with E-state index in [1.807, 2.05) is 31.2 Å². The second-order valence-electron chi connectivity index (χ2n) is 3.92. The van der Waals surface area contributed by atoms with Crippen molar-refractivity contribution >= 4 is 0 Å². The normalized spacial score (nSPS) is 10.2. The summed E-state index contributed by atoms with van der Waals surface area (Å²) in [6, 6.07) is 7.66. The van der Waals surface area contributed by atoms with Crippen LogP contribution in [0.5, 0.6) is 17.5 Å². The van der Waals surface area contributed by atoms with E-state index in [0.717, 1.165) is 17.7 Å². The summed E-state index contributed by atoms with van der Waals surface area (Å²) in [5, 5.41) is 0. The van der Waals surface area contributed by atoms with Crippen molar-refractivity contribution in [3.63, 3.8) is 0 Å². The van der Waals surface area contributed by atoms with Crippen LogP contribution in [0.3, 0.4) is 0 Å². The summed E-state index contributed by atoms with van der Waals surface area (Å²) in [5.74, 6) is 1.49. The third-order valence-electron chi connectivity index (χ3n) is 2.46. The van der Waals surface area contributed by atoms with Gasteiger partial charge in [-0.15, -0.1) is 0 Å². The summed E-state index contributed by atoms with van der Waals surface area (Å²) < 4.78 is 10.9. The molecular weight excluding hydrogens is 242 g/mol. The van der Waals surface area contributed by atoms with Gasteiger partial charge in [0.2, 0.25) is 0 Å². The predicted molar refractivity (Wildman–Crippen MR) is 72.5 cm³/mol. The highest BCUT2D eigenvalue weighted by Gasteiger charge is 2.01. The highest BCUT2D eigenvalue weighted by Crippen LogP contribution is 2.21. The van der Waals surface area contributed by atoms with Gasteiger partial charge in [0.15, 0.2) is 0 Å². The third kappa shape index (κ3) is 3.93. The van der Waals surface area contributed by atoms with Crippen LogP contribution in [0, 0.1) is 0 Å². The molecule has 2 rings (SSSR count). The Balaban J connectivity index is 1.99. The first-order chi connectivity index (χ1) is 9.31. The van der Waals surface area contributed by atoms with Crippen molar-refractivity contribution in [3.8, 4) is 17.5 Å². The summed E-state index contributed by atoms with van der Waals surface area (Å²) in [7, 11) is 0. The number of ether oxygens (including phenoxy) is 2. The first-order valence-corrected chi connectivity index (χ1v) is 6.23. The Hall–Kier alpha value is -2.14. The fourth-order valence-electron chi connectivity index (χ4n) is 1.57. The highest BCUT2D eigenvalue weighted by atomic mass is 16.5. The molecule has 1 aromatic carbocycles. The number of benzene rings is 1. The van der Waals surface area contributed by atoms with Crippen molar-refractivity contribution in [1.82, 2.24) is 9.97 Å². The van der Waals surface area contributed by atoms with E-state index in [0.29, 0.717) is 24.9 Å². The number of hydrogen-bond donors (Lipinski definition) is 1. The molecule has 5 heteroatoms. The Bertz CT molecular complexity index is 450. The fourth-order valence-corrected chi connectivity index (χ4v) is 1.57. The lowest BCUT2D eigenvalue weighted by atomic mass is 10.2. The zero-order chi connectivity index (χ0) is 13.5. The van der Waals surface area contributed by atoms with E-state index < -0.39 is 0 Å². The van der Waals surface area contributed by atoms with E-state index in [1.54, 1.807) is 12.4 Å². The first-order valence-electron chi connectivity index (χ1n) is 6.23. The van der Waals surface area contributed by atoms with E-state index in [-0.39, 0.29) is 0 Å². The second kappa shape index (κ2) is 6.70. The van der Waals surface area contributed by atoms with Gasteiger partial charge in [-0.1, -0.05) is 0 Å². The molecule has 0 aliphatic carbocycles. The Labute approximate surface area is 112 Å². The largest absolute Gasteiger partial charge is 0.494 e. The van der Waals surface area contributed by atoms with Gasteiger partial charge in [-0.05, 0) is 49.7 Å². The van der Waals surface area contributed by atoms with Gasteiger partial charge >= 0.3 is 6.01 Å². The Morgan fingerprint density at radius 1 is 1.05 bits per heavy atom. The molecule has 0 aliphatic heterocycles. The molecule has 2 N–H and O–H groups in total. The lowest BCUT2D eigenvalue weighted by molar-refractivity contribution is 0.339. The molecule has 0 amide bonds. The topological polar surface area (TPSA) is 70.3 Å². The molecule has 0 aliphatic rings. The van der Waals surface area contributed by atoms with Crippen molar-refractivity contribution in [3.05, 3.63) is 42.2 Å². The summed E-state index contributed by atoms with van der Waals surface area (Å²) in [6.45, 7) is 3.18. The van der Waals surface area contributed by atoms with E-state index in [1.165, 1.54) is 0 Å². The highest BCUT2D eigenvalue weighted by molar-refractivity contribution is 5.32. The maximum Gasteiger partial charge on any atom is 0.321 e. The molecule has 2 aromatic rings. The molecule has 0 spiro atoms. The van der Waals surface area contributed by atoms with Crippen LogP contribution in [0.25, 0.3) is 0 Å². The Kier molecular flexibility index (Phi) is 4.69. The van der Waals surface area contributed by atoms with Crippen LogP contribution >= 0.6 is 0 Å². The van der Waals surface area contributed by atoms with Gasteiger partial charge in [-0.25, -0.2) is 9.97 Å². The molecular formula is C14H17N3O2. The maximum absolute atomic E-state index is 5.54. The molecule has 19 heavy (non-hydrogen) atoms. The zero-order valence-electron chi connectivity index (χ0n) is 10.9. The average molecular weight is 259 g/mol. The smallest absolute Gasteiger partial charge is 0.321 e. The third-order valence-corrected chi connectivity index (χ3v) is 2.46. The Morgan fingerprint density at radius 2 is 1.68 bits per heavy atom. The van der Waals surface area contributed by atoms with Gasteiger partial charge in [0.05, 0.1) is 6.61 Å². The van der Waals surface area contributed by atoms with Gasteiger partial charge in [-0.2, -0.15) is 0 Å². The van der Waals surface area contributed by atoms with Crippen molar-refractivity contribution in [2.24, 2.45) is 5.73 Å². The number of rotatable bonds is 6. The van der Waals surface area contributed by atoms with Crippen LogP contribution in [-0.2, 0) is 6.42 Å². The van der Waals surface area contributed by atoms with E-state index in [2.05, 4.69) is 9.97 Å². The Morgan fingerprint density at radius 3 is 2.26 bits per heavy atom. The molecule has 0 fully saturated rings. The van der Waals surface area contributed by atoms with Crippen LogP contribution in [0.15, 0.2) is 36.7 Å². The predicted octanol–water partition coefficient (Wildman–Crippen LogP) is 2.17. The minimum absolute atomic E-state index is 0.324. The minimum atomic E-state index is 0.324. The number of aromatic nitrogens is 2. The van der Waals surface area contributed by atoms with Gasteiger partial charge in [0.1, 0.15) is 11.5 Å². The molecule has 1 heterocycles. The molecule has 100 valence electrons. The van der Waals surface area contributed by atoms with E-state index >= 15 is 0 Å². The molecule has 0 bridgehead atoms. The second-order valence-corrected chi connectivity index (χ2v) is 3.92. The molecule has 0 saturated heterocycles. The van der Waals surface area contributed by atoms with Crippen molar-refractivity contribution < 1.29 is 9.47 Å². The van der Waals surface area contributed by atoms with Crippen LogP contribution in [0.1, 0.15) is 12.5 Å². The summed E-state index contributed by atoms with van der Waals surface area (Å²) in [4.78, 5) is 8.26.